The van der Waals surface area contributed by atoms with Gasteiger partial charge in [-0.1, -0.05) is 18.2 Å². The number of carbonyl (C=O) groups is 2. The molecule has 7 nitrogen and oxygen atoms in total. The number of rotatable bonds is 5. The number of fused-ring (bicyclic) bond motifs is 4. The van der Waals surface area contributed by atoms with Crippen molar-refractivity contribution in [2.75, 3.05) is 26.1 Å². The molecule has 146 valence electrons. The highest BCUT2D eigenvalue weighted by molar-refractivity contribution is 6.10. The Morgan fingerprint density at radius 3 is 2.54 bits per heavy atom. The number of carboxylic acids is 1. The SMILES string of the molecule is CCOc1c(OC)c(OC)cc2c1C(=O)[C@@H]1[C@H]2Nc2ccccc2[C@@H]1C(=O)O. The van der Waals surface area contributed by atoms with Crippen molar-refractivity contribution in [3.63, 3.8) is 0 Å². The average Bonchev–Trinajstić information content (AvgIpc) is 2.97. The van der Waals surface area contributed by atoms with Gasteiger partial charge in [-0.15, -0.1) is 0 Å². The summed E-state index contributed by atoms with van der Waals surface area (Å²) in [6, 6.07) is 8.44. The van der Waals surface area contributed by atoms with Crippen molar-refractivity contribution in [2.45, 2.75) is 18.9 Å². The van der Waals surface area contributed by atoms with Crippen LogP contribution in [0.25, 0.3) is 0 Å². The molecule has 0 saturated carbocycles. The first kappa shape index (κ1) is 18.2. The highest BCUT2D eigenvalue weighted by Gasteiger charge is 2.52. The van der Waals surface area contributed by atoms with Crippen molar-refractivity contribution in [3.05, 3.63) is 47.0 Å². The van der Waals surface area contributed by atoms with E-state index in [1.54, 1.807) is 18.2 Å². The van der Waals surface area contributed by atoms with Crippen LogP contribution in [-0.2, 0) is 4.79 Å². The summed E-state index contributed by atoms with van der Waals surface area (Å²) >= 11 is 0. The number of ketones is 1. The second-order valence-electron chi connectivity index (χ2n) is 6.75. The topological polar surface area (TPSA) is 94.1 Å². The Morgan fingerprint density at radius 1 is 1.14 bits per heavy atom. The number of anilines is 1. The fourth-order valence-corrected chi connectivity index (χ4v) is 4.33. The van der Waals surface area contributed by atoms with E-state index < -0.39 is 23.8 Å². The Bertz CT molecular complexity index is 970. The van der Waals surface area contributed by atoms with Crippen LogP contribution in [0, 0.1) is 5.92 Å². The number of nitrogens with one attached hydrogen (secondary N) is 1. The smallest absolute Gasteiger partial charge is 0.311 e. The predicted molar refractivity (Wildman–Crippen MR) is 102 cm³/mol. The van der Waals surface area contributed by atoms with Gasteiger partial charge in [0.2, 0.25) is 5.75 Å². The first-order chi connectivity index (χ1) is 13.5. The number of Topliss-reactive ketones (excluding diaryl/α,β-unsaturated/α-hetero) is 1. The van der Waals surface area contributed by atoms with E-state index in [1.807, 2.05) is 19.1 Å². The Morgan fingerprint density at radius 2 is 1.89 bits per heavy atom. The molecular weight excluding hydrogens is 362 g/mol. The lowest BCUT2D eigenvalue weighted by Crippen LogP contribution is -2.35. The third-order valence-corrected chi connectivity index (χ3v) is 5.42. The van der Waals surface area contributed by atoms with Gasteiger partial charge >= 0.3 is 5.97 Å². The lowest BCUT2D eigenvalue weighted by molar-refractivity contribution is -0.140. The molecule has 2 N–H and O–H groups in total. The molecule has 0 unspecified atom stereocenters. The van der Waals surface area contributed by atoms with Crippen LogP contribution in [0.15, 0.2) is 30.3 Å². The van der Waals surface area contributed by atoms with Crippen molar-refractivity contribution >= 4 is 17.4 Å². The van der Waals surface area contributed by atoms with Crippen molar-refractivity contribution in [1.82, 2.24) is 0 Å². The van der Waals surface area contributed by atoms with Gasteiger partial charge in [0.05, 0.1) is 44.3 Å². The first-order valence-corrected chi connectivity index (χ1v) is 9.07. The summed E-state index contributed by atoms with van der Waals surface area (Å²) in [5.41, 5.74) is 2.34. The largest absolute Gasteiger partial charge is 0.493 e. The van der Waals surface area contributed by atoms with Crippen LogP contribution in [0.1, 0.15) is 40.4 Å². The molecular formula is C21H21NO6. The summed E-state index contributed by atoms with van der Waals surface area (Å²) in [4.78, 5) is 25.6. The molecule has 0 amide bonds. The van der Waals surface area contributed by atoms with Gasteiger partial charge in [-0.05, 0) is 30.2 Å². The van der Waals surface area contributed by atoms with Crippen LogP contribution in [-0.4, -0.2) is 37.7 Å². The fraction of sp³-hybridized carbons (Fsp3) is 0.333. The Labute approximate surface area is 162 Å². The lowest BCUT2D eigenvalue weighted by Gasteiger charge is -2.34. The van der Waals surface area contributed by atoms with E-state index in [0.717, 1.165) is 0 Å². The maximum atomic E-state index is 13.4. The van der Waals surface area contributed by atoms with Crippen LogP contribution in [0.2, 0.25) is 0 Å². The molecule has 2 aromatic rings. The molecule has 3 atom stereocenters. The standard InChI is InChI=1S/C21H21NO6/c1-4-28-20-15-11(9-13(26-2)19(20)27-3)17-16(18(15)23)14(21(24)25)10-7-5-6-8-12(10)22-17/h5-9,14,16-17,22H,4H2,1-3H3,(H,24,25)/t14-,16-,17-/m0/s1. The number of aliphatic carboxylic acids is 1. The fourth-order valence-electron chi connectivity index (χ4n) is 4.33. The minimum atomic E-state index is -1.03. The van der Waals surface area contributed by atoms with Crippen LogP contribution in [0.4, 0.5) is 5.69 Å². The second kappa shape index (κ2) is 6.74. The van der Waals surface area contributed by atoms with Gasteiger partial charge in [-0.3, -0.25) is 9.59 Å². The normalized spacial score (nSPS) is 21.8. The van der Waals surface area contributed by atoms with Gasteiger partial charge in [-0.25, -0.2) is 0 Å². The number of ether oxygens (including phenoxy) is 3. The zero-order valence-electron chi connectivity index (χ0n) is 15.8. The number of hydrogen-bond acceptors (Lipinski definition) is 6. The number of hydrogen-bond donors (Lipinski definition) is 2. The number of benzene rings is 2. The average molecular weight is 383 g/mol. The van der Waals surface area contributed by atoms with Crippen LogP contribution >= 0.6 is 0 Å². The Balaban J connectivity index is 1.96. The molecule has 28 heavy (non-hydrogen) atoms. The quantitative estimate of drug-likeness (QED) is 0.818. The summed E-state index contributed by atoms with van der Waals surface area (Å²) < 4.78 is 16.7. The highest BCUT2D eigenvalue weighted by atomic mass is 16.5. The zero-order chi connectivity index (χ0) is 20.0. The molecule has 1 aliphatic carbocycles. The lowest BCUT2D eigenvalue weighted by atomic mass is 9.77. The molecule has 1 aliphatic heterocycles. The van der Waals surface area contributed by atoms with Crippen LogP contribution < -0.4 is 19.5 Å². The van der Waals surface area contributed by atoms with Crippen molar-refractivity contribution < 1.29 is 28.9 Å². The molecule has 0 fully saturated rings. The van der Waals surface area contributed by atoms with Gasteiger partial charge in [0, 0.05) is 5.69 Å². The van der Waals surface area contributed by atoms with Crippen LogP contribution in [0.3, 0.4) is 0 Å². The summed E-state index contributed by atoms with van der Waals surface area (Å²) in [7, 11) is 2.99. The molecule has 2 aliphatic rings. The molecule has 2 aromatic carbocycles. The van der Waals surface area contributed by atoms with E-state index >= 15 is 0 Å². The summed E-state index contributed by atoms with van der Waals surface area (Å²) in [5.74, 6) is -1.95. The maximum absolute atomic E-state index is 13.4. The van der Waals surface area contributed by atoms with E-state index in [1.165, 1.54) is 14.2 Å². The summed E-state index contributed by atoms with van der Waals surface area (Å²) in [6.07, 6.45) is 0. The molecule has 0 spiro atoms. The van der Waals surface area contributed by atoms with E-state index in [4.69, 9.17) is 14.2 Å². The second-order valence-corrected chi connectivity index (χ2v) is 6.75. The summed E-state index contributed by atoms with van der Waals surface area (Å²) in [5, 5.41) is 13.3. The van der Waals surface area contributed by atoms with Gasteiger partial charge in [0.1, 0.15) is 0 Å². The van der Waals surface area contributed by atoms with Gasteiger partial charge in [-0.2, -0.15) is 0 Å². The Kier molecular flexibility index (Phi) is 4.37. The molecule has 7 heteroatoms. The van der Waals surface area contributed by atoms with E-state index in [0.29, 0.717) is 46.2 Å². The van der Waals surface area contributed by atoms with Crippen LogP contribution in [0.5, 0.6) is 17.2 Å². The molecule has 1 heterocycles. The van der Waals surface area contributed by atoms with E-state index in [2.05, 4.69) is 5.32 Å². The summed E-state index contributed by atoms with van der Waals surface area (Å²) in [6.45, 7) is 2.14. The van der Waals surface area contributed by atoms with Crippen molar-refractivity contribution in [1.29, 1.82) is 0 Å². The zero-order valence-corrected chi connectivity index (χ0v) is 15.8. The first-order valence-electron chi connectivity index (χ1n) is 9.07. The van der Waals surface area contributed by atoms with E-state index in [-0.39, 0.29) is 5.78 Å². The molecule has 0 bridgehead atoms. The minimum absolute atomic E-state index is 0.265. The third kappa shape index (κ3) is 2.42. The molecule has 0 aromatic heterocycles. The molecule has 0 radical (unpaired) electrons. The minimum Gasteiger partial charge on any atom is -0.493 e. The number of carboxylic acid groups (broad SMARTS) is 1. The third-order valence-electron chi connectivity index (χ3n) is 5.42. The number of carbonyl (C=O) groups excluding carboxylic acids is 1. The monoisotopic (exact) mass is 383 g/mol. The number of para-hydroxylation sites is 1. The van der Waals surface area contributed by atoms with Crippen molar-refractivity contribution in [2.24, 2.45) is 5.92 Å². The maximum Gasteiger partial charge on any atom is 0.311 e. The van der Waals surface area contributed by atoms with Gasteiger partial charge in [0.25, 0.3) is 0 Å². The molecule has 4 rings (SSSR count). The predicted octanol–water partition coefficient (Wildman–Crippen LogP) is 3.25. The molecule has 0 saturated heterocycles. The van der Waals surface area contributed by atoms with Crippen molar-refractivity contribution in [3.8, 4) is 17.2 Å². The number of methoxy groups -OCH3 is 2. The van der Waals surface area contributed by atoms with Gasteiger partial charge in [0.15, 0.2) is 17.3 Å². The Hall–Kier alpha value is -3.22. The van der Waals surface area contributed by atoms with Gasteiger partial charge < -0.3 is 24.6 Å². The van der Waals surface area contributed by atoms with E-state index in [9.17, 15) is 14.7 Å². The highest BCUT2D eigenvalue weighted by Crippen LogP contribution is 2.56.